The van der Waals surface area contributed by atoms with Gasteiger partial charge in [0.05, 0.1) is 6.20 Å². The standard InChI is InChI=1S/C12H15N3O/c1-2-6-15-9-11(8-14-15)12(16)10-4-3-5-13-7-10/h3-5,7-9,12,16H,2,6H2,1H3. The van der Waals surface area contributed by atoms with Crippen LogP contribution in [0, 0.1) is 0 Å². The number of aromatic nitrogens is 3. The Labute approximate surface area is 94.6 Å². The zero-order valence-corrected chi connectivity index (χ0v) is 9.24. The third kappa shape index (κ3) is 2.28. The van der Waals surface area contributed by atoms with Gasteiger partial charge in [-0.2, -0.15) is 5.10 Å². The van der Waals surface area contributed by atoms with Gasteiger partial charge in [0.15, 0.2) is 0 Å². The number of hydrogen-bond donors (Lipinski definition) is 1. The lowest BCUT2D eigenvalue weighted by molar-refractivity contribution is 0.219. The Morgan fingerprint density at radius 1 is 1.38 bits per heavy atom. The van der Waals surface area contributed by atoms with Gasteiger partial charge in [-0.3, -0.25) is 9.67 Å². The van der Waals surface area contributed by atoms with Crippen LogP contribution < -0.4 is 0 Å². The predicted octanol–water partition coefficient (Wildman–Crippen LogP) is 1.77. The zero-order valence-electron chi connectivity index (χ0n) is 9.24. The molecule has 1 N–H and O–H groups in total. The van der Waals surface area contributed by atoms with E-state index in [0.717, 1.165) is 24.1 Å². The fourth-order valence-corrected chi connectivity index (χ4v) is 1.60. The molecule has 2 aromatic rings. The van der Waals surface area contributed by atoms with Gasteiger partial charge < -0.3 is 5.11 Å². The zero-order chi connectivity index (χ0) is 11.4. The van der Waals surface area contributed by atoms with Gasteiger partial charge in [0.2, 0.25) is 0 Å². The Hall–Kier alpha value is -1.68. The highest BCUT2D eigenvalue weighted by molar-refractivity contribution is 5.23. The van der Waals surface area contributed by atoms with Crippen molar-refractivity contribution in [1.82, 2.24) is 14.8 Å². The van der Waals surface area contributed by atoms with Crippen LogP contribution in [-0.4, -0.2) is 19.9 Å². The molecule has 0 aliphatic heterocycles. The lowest BCUT2D eigenvalue weighted by atomic mass is 10.1. The second-order valence-corrected chi connectivity index (χ2v) is 3.73. The molecule has 2 aromatic heterocycles. The normalized spacial score (nSPS) is 12.6. The molecule has 1 unspecified atom stereocenters. The molecule has 0 amide bonds. The van der Waals surface area contributed by atoms with Crippen LogP contribution in [0.4, 0.5) is 0 Å². The average Bonchev–Trinajstić information content (AvgIpc) is 2.78. The van der Waals surface area contributed by atoms with E-state index in [1.165, 1.54) is 0 Å². The van der Waals surface area contributed by atoms with Crippen molar-refractivity contribution in [2.24, 2.45) is 0 Å². The van der Waals surface area contributed by atoms with E-state index >= 15 is 0 Å². The van der Waals surface area contributed by atoms with E-state index in [4.69, 9.17) is 0 Å². The number of aliphatic hydroxyl groups is 1. The van der Waals surface area contributed by atoms with Crippen molar-refractivity contribution in [3.63, 3.8) is 0 Å². The maximum Gasteiger partial charge on any atom is 0.109 e. The van der Waals surface area contributed by atoms with Gasteiger partial charge >= 0.3 is 0 Å². The minimum Gasteiger partial charge on any atom is -0.383 e. The molecule has 0 fully saturated rings. The Bertz CT molecular complexity index is 439. The predicted molar refractivity (Wildman–Crippen MR) is 60.8 cm³/mol. The maximum atomic E-state index is 10.1. The first kappa shape index (κ1) is 10.8. The molecule has 2 rings (SSSR count). The fourth-order valence-electron chi connectivity index (χ4n) is 1.60. The van der Waals surface area contributed by atoms with Gasteiger partial charge in [-0.05, 0) is 12.5 Å². The Kier molecular flexibility index (Phi) is 3.31. The molecular formula is C12H15N3O. The van der Waals surface area contributed by atoms with E-state index in [2.05, 4.69) is 17.0 Å². The largest absolute Gasteiger partial charge is 0.383 e. The van der Waals surface area contributed by atoms with Crippen molar-refractivity contribution in [1.29, 1.82) is 0 Å². The van der Waals surface area contributed by atoms with Gasteiger partial charge in [0.1, 0.15) is 6.10 Å². The van der Waals surface area contributed by atoms with E-state index in [0.29, 0.717) is 0 Å². The molecule has 0 bridgehead atoms. The van der Waals surface area contributed by atoms with Crippen LogP contribution in [0.15, 0.2) is 36.9 Å². The quantitative estimate of drug-likeness (QED) is 0.849. The molecular weight excluding hydrogens is 202 g/mol. The van der Waals surface area contributed by atoms with Gasteiger partial charge in [0, 0.05) is 36.3 Å². The summed E-state index contributed by atoms with van der Waals surface area (Å²) in [4.78, 5) is 3.99. The van der Waals surface area contributed by atoms with Crippen molar-refractivity contribution >= 4 is 0 Å². The van der Waals surface area contributed by atoms with Crippen LogP contribution in [0.5, 0.6) is 0 Å². The summed E-state index contributed by atoms with van der Waals surface area (Å²) in [6.07, 6.45) is 7.33. The van der Waals surface area contributed by atoms with Crippen LogP contribution >= 0.6 is 0 Å². The number of nitrogens with zero attached hydrogens (tertiary/aromatic N) is 3. The lowest BCUT2D eigenvalue weighted by Crippen LogP contribution is -1.99. The molecule has 0 saturated carbocycles. The smallest absolute Gasteiger partial charge is 0.109 e. The van der Waals surface area contributed by atoms with Crippen LogP contribution in [0.2, 0.25) is 0 Å². The minimum absolute atomic E-state index is 0.640. The third-order valence-corrected chi connectivity index (χ3v) is 2.42. The lowest BCUT2D eigenvalue weighted by Gasteiger charge is -2.07. The van der Waals surface area contributed by atoms with Gasteiger partial charge in [0.25, 0.3) is 0 Å². The van der Waals surface area contributed by atoms with Crippen LogP contribution in [0.1, 0.15) is 30.6 Å². The van der Waals surface area contributed by atoms with E-state index in [1.807, 2.05) is 23.0 Å². The van der Waals surface area contributed by atoms with E-state index < -0.39 is 6.10 Å². The molecule has 16 heavy (non-hydrogen) atoms. The summed E-state index contributed by atoms with van der Waals surface area (Å²) >= 11 is 0. The van der Waals surface area contributed by atoms with Crippen molar-refractivity contribution in [3.8, 4) is 0 Å². The van der Waals surface area contributed by atoms with E-state index in [-0.39, 0.29) is 0 Å². The molecule has 0 aliphatic rings. The van der Waals surface area contributed by atoms with Crippen LogP contribution in [0.25, 0.3) is 0 Å². The fraction of sp³-hybridized carbons (Fsp3) is 0.333. The SMILES string of the molecule is CCCn1cc(C(O)c2cccnc2)cn1. The molecule has 0 radical (unpaired) electrons. The summed E-state index contributed by atoms with van der Waals surface area (Å²) in [5.41, 5.74) is 1.60. The molecule has 84 valence electrons. The van der Waals surface area contributed by atoms with Gasteiger partial charge in [-0.15, -0.1) is 0 Å². The highest BCUT2D eigenvalue weighted by atomic mass is 16.3. The van der Waals surface area contributed by atoms with Crippen molar-refractivity contribution in [2.45, 2.75) is 26.0 Å². The molecule has 0 aromatic carbocycles. The van der Waals surface area contributed by atoms with Crippen molar-refractivity contribution in [2.75, 3.05) is 0 Å². The maximum absolute atomic E-state index is 10.1. The summed E-state index contributed by atoms with van der Waals surface area (Å²) in [5, 5.41) is 14.3. The topological polar surface area (TPSA) is 50.9 Å². The molecule has 0 aliphatic carbocycles. The number of aryl methyl sites for hydroxylation is 1. The summed E-state index contributed by atoms with van der Waals surface area (Å²) in [7, 11) is 0. The number of rotatable bonds is 4. The first-order chi connectivity index (χ1) is 7.81. The number of hydrogen-bond acceptors (Lipinski definition) is 3. The molecule has 0 saturated heterocycles. The summed E-state index contributed by atoms with van der Waals surface area (Å²) in [6, 6.07) is 3.67. The Balaban J connectivity index is 2.17. The minimum atomic E-state index is -0.640. The number of aliphatic hydroxyl groups excluding tert-OH is 1. The Morgan fingerprint density at radius 2 is 2.25 bits per heavy atom. The monoisotopic (exact) mass is 217 g/mol. The summed E-state index contributed by atoms with van der Waals surface area (Å²) < 4.78 is 1.84. The summed E-state index contributed by atoms with van der Waals surface area (Å²) in [6.45, 7) is 2.97. The van der Waals surface area contributed by atoms with Gasteiger partial charge in [-0.1, -0.05) is 13.0 Å². The highest BCUT2D eigenvalue weighted by Crippen LogP contribution is 2.20. The number of pyridine rings is 1. The van der Waals surface area contributed by atoms with Crippen LogP contribution in [0.3, 0.4) is 0 Å². The molecule has 0 spiro atoms. The first-order valence-electron chi connectivity index (χ1n) is 5.41. The molecule has 1 atom stereocenters. The second kappa shape index (κ2) is 4.90. The van der Waals surface area contributed by atoms with E-state index in [9.17, 15) is 5.11 Å². The second-order valence-electron chi connectivity index (χ2n) is 3.73. The molecule has 2 heterocycles. The third-order valence-electron chi connectivity index (χ3n) is 2.42. The van der Waals surface area contributed by atoms with E-state index in [1.54, 1.807) is 18.6 Å². The highest BCUT2D eigenvalue weighted by Gasteiger charge is 2.12. The Morgan fingerprint density at radius 3 is 2.94 bits per heavy atom. The molecule has 4 nitrogen and oxygen atoms in total. The van der Waals surface area contributed by atoms with Gasteiger partial charge in [-0.25, -0.2) is 0 Å². The molecule has 4 heteroatoms. The first-order valence-corrected chi connectivity index (χ1v) is 5.41. The average molecular weight is 217 g/mol. The van der Waals surface area contributed by atoms with Crippen LogP contribution in [-0.2, 0) is 6.54 Å². The summed E-state index contributed by atoms with van der Waals surface area (Å²) in [5.74, 6) is 0. The van der Waals surface area contributed by atoms with Crippen molar-refractivity contribution in [3.05, 3.63) is 48.0 Å². The van der Waals surface area contributed by atoms with Crippen molar-refractivity contribution < 1.29 is 5.11 Å².